The standard InChI is InChI=1S/C17H21ClN2/c1-19-11-15-5-3-4-6-16(15)13-20(2)12-14-7-9-17(18)10-8-14/h3-10,19H,11-13H2,1-2H3. The van der Waals surface area contributed by atoms with Crippen molar-refractivity contribution in [3.63, 3.8) is 0 Å². The second-order valence-corrected chi connectivity index (χ2v) is 5.53. The molecule has 0 aromatic heterocycles. The third kappa shape index (κ3) is 4.34. The zero-order valence-electron chi connectivity index (χ0n) is 12.1. The summed E-state index contributed by atoms with van der Waals surface area (Å²) in [6.07, 6.45) is 0. The van der Waals surface area contributed by atoms with Gasteiger partial charge in [-0.25, -0.2) is 0 Å². The van der Waals surface area contributed by atoms with E-state index in [0.717, 1.165) is 24.7 Å². The maximum Gasteiger partial charge on any atom is 0.0406 e. The molecular weight excluding hydrogens is 268 g/mol. The van der Waals surface area contributed by atoms with Crippen LogP contribution in [0.1, 0.15) is 16.7 Å². The van der Waals surface area contributed by atoms with Gasteiger partial charge in [0.2, 0.25) is 0 Å². The largest absolute Gasteiger partial charge is 0.316 e. The van der Waals surface area contributed by atoms with Crippen LogP contribution in [-0.4, -0.2) is 19.0 Å². The Morgan fingerprint density at radius 3 is 2.25 bits per heavy atom. The Morgan fingerprint density at radius 2 is 1.60 bits per heavy atom. The molecule has 0 aliphatic heterocycles. The highest BCUT2D eigenvalue weighted by molar-refractivity contribution is 6.30. The van der Waals surface area contributed by atoms with Gasteiger partial charge in [-0.05, 0) is 42.9 Å². The van der Waals surface area contributed by atoms with Crippen molar-refractivity contribution in [2.45, 2.75) is 19.6 Å². The predicted octanol–water partition coefficient (Wildman–Crippen LogP) is 3.69. The highest BCUT2D eigenvalue weighted by Crippen LogP contribution is 2.14. The van der Waals surface area contributed by atoms with Crippen LogP contribution in [0.25, 0.3) is 0 Å². The molecule has 3 heteroatoms. The minimum Gasteiger partial charge on any atom is -0.316 e. The molecule has 106 valence electrons. The van der Waals surface area contributed by atoms with Crippen LogP contribution in [-0.2, 0) is 19.6 Å². The van der Waals surface area contributed by atoms with Gasteiger partial charge in [-0.15, -0.1) is 0 Å². The molecule has 20 heavy (non-hydrogen) atoms. The van der Waals surface area contributed by atoms with E-state index in [9.17, 15) is 0 Å². The molecule has 1 N–H and O–H groups in total. The first-order chi connectivity index (χ1) is 9.69. The molecule has 0 fully saturated rings. The Kier molecular flexibility index (Phi) is 5.60. The van der Waals surface area contributed by atoms with Gasteiger partial charge in [-0.2, -0.15) is 0 Å². The Labute approximate surface area is 126 Å². The molecule has 0 unspecified atom stereocenters. The summed E-state index contributed by atoms with van der Waals surface area (Å²) in [5.74, 6) is 0. The van der Waals surface area contributed by atoms with E-state index in [4.69, 9.17) is 11.6 Å². The van der Waals surface area contributed by atoms with E-state index >= 15 is 0 Å². The Hall–Kier alpha value is -1.35. The molecule has 2 rings (SSSR count). The molecule has 0 heterocycles. The number of nitrogens with zero attached hydrogens (tertiary/aromatic N) is 1. The van der Waals surface area contributed by atoms with Crippen LogP contribution in [0.3, 0.4) is 0 Å². The summed E-state index contributed by atoms with van der Waals surface area (Å²) in [6.45, 7) is 2.77. The smallest absolute Gasteiger partial charge is 0.0406 e. The van der Waals surface area contributed by atoms with Gasteiger partial charge in [0.1, 0.15) is 0 Å². The van der Waals surface area contributed by atoms with Gasteiger partial charge < -0.3 is 5.32 Å². The lowest BCUT2D eigenvalue weighted by Gasteiger charge is -2.19. The molecule has 0 spiro atoms. The number of rotatable bonds is 6. The molecule has 2 aromatic carbocycles. The fourth-order valence-corrected chi connectivity index (χ4v) is 2.45. The van der Waals surface area contributed by atoms with Crippen molar-refractivity contribution in [2.75, 3.05) is 14.1 Å². The van der Waals surface area contributed by atoms with Crippen molar-refractivity contribution in [3.05, 3.63) is 70.2 Å². The summed E-state index contributed by atoms with van der Waals surface area (Å²) in [5.41, 5.74) is 4.01. The van der Waals surface area contributed by atoms with Gasteiger partial charge in [0.15, 0.2) is 0 Å². The summed E-state index contributed by atoms with van der Waals surface area (Å²) >= 11 is 5.91. The van der Waals surface area contributed by atoms with Crippen LogP contribution in [0.2, 0.25) is 5.02 Å². The average molecular weight is 289 g/mol. The highest BCUT2D eigenvalue weighted by atomic mass is 35.5. The molecular formula is C17H21ClN2. The molecule has 0 radical (unpaired) electrons. The molecule has 0 atom stereocenters. The van der Waals surface area contributed by atoms with E-state index in [1.807, 2.05) is 19.2 Å². The van der Waals surface area contributed by atoms with E-state index < -0.39 is 0 Å². The highest BCUT2D eigenvalue weighted by Gasteiger charge is 2.05. The topological polar surface area (TPSA) is 15.3 Å². The van der Waals surface area contributed by atoms with Gasteiger partial charge in [0, 0.05) is 24.7 Å². The quantitative estimate of drug-likeness (QED) is 0.872. The Bertz CT molecular complexity index is 537. The van der Waals surface area contributed by atoms with E-state index in [0.29, 0.717) is 0 Å². The number of hydrogen-bond acceptors (Lipinski definition) is 2. The molecule has 0 aliphatic carbocycles. The Morgan fingerprint density at radius 1 is 0.950 bits per heavy atom. The van der Waals surface area contributed by atoms with Crippen LogP contribution in [0, 0.1) is 0 Å². The van der Waals surface area contributed by atoms with Gasteiger partial charge in [-0.3, -0.25) is 4.90 Å². The second kappa shape index (κ2) is 7.44. The van der Waals surface area contributed by atoms with Gasteiger partial charge in [0.05, 0.1) is 0 Å². The van der Waals surface area contributed by atoms with E-state index in [1.54, 1.807) is 0 Å². The van der Waals surface area contributed by atoms with Crippen LogP contribution in [0.5, 0.6) is 0 Å². The van der Waals surface area contributed by atoms with Crippen molar-refractivity contribution >= 4 is 11.6 Å². The van der Waals surface area contributed by atoms with Gasteiger partial charge in [0.25, 0.3) is 0 Å². The molecule has 0 saturated carbocycles. The molecule has 2 nitrogen and oxygen atoms in total. The fourth-order valence-electron chi connectivity index (χ4n) is 2.32. The second-order valence-electron chi connectivity index (χ2n) is 5.10. The average Bonchev–Trinajstić information content (AvgIpc) is 2.44. The lowest BCUT2D eigenvalue weighted by Crippen LogP contribution is -2.19. The SMILES string of the molecule is CNCc1ccccc1CN(C)Cc1ccc(Cl)cc1. The third-order valence-corrected chi connectivity index (χ3v) is 3.54. The molecule has 0 aliphatic rings. The lowest BCUT2D eigenvalue weighted by molar-refractivity contribution is 0.318. The van der Waals surface area contributed by atoms with E-state index in [2.05, 4.69) is 53.7 Å². The van der Waals surface area contributed by atoms with Gasteiger partial charge in [-0.1, -0.05) is 48.0 Å². The monoisotopic (exact) mass is 288 g/mol. The first-order valence-corrected chi connectivity index (χ1v) is 7.21. The maximum atomic E-state index is 5.91. The van der Waals surface area contributed by atoms with Crippen LogP contribution in [0.4, 0.5) is 0 Å². The summed E-state index contributed by atoms with van der Waals surface area (Å²) in [6, 6.07) is 16.6. The van der Waals surface area contributed by atoms with E-state index in [-0.39, 0.29) is 0 Å². The van der Waals surface area contributed by atoms with Crippen molar-refractivity contribution in [3.8, 4) is 0 Å². The predicted molar refractivity (Wildman–Crippen MR) is 85.8 cm³/mol. The zero-order valence-corrected chi connectivity index (χ0v) is 12.8. The van der Waals surface area contributed by atoms with E-state index in [1.165, 1.54) is 16.7 Å². The normalized spacial score (nSPS) is 11.0. The van der Waals surface area contributed by atoms with Crippen molar-refractivity contribution < 1.29 is 0 Å². The lowest BCUT2D eigenvalue weighted by atomic mass is 10.1. The summed E-state index contributed by atoms with van der Waals surface area (Å²) in [4.78, 5) is 2.32. The Balaban J connectivity index is 2.00. The number of hydrogen-bond donors (Lipinski definition) is 1. The zero-order chi connectivity index (χ0) is 14.4. The summed E-state index contributed by atoms with van der Waals surface area (Å²) in [5, 5.41) is 4.01. The third-order valence-electron chi connectivity index (χ3n) is 3.29. The van der Waals surface area contributed by atoms with Crippen LogP contribution >= 0.6 is 11.6 Å². The minimum absolute atomic E-state index is 0.788. The van der Waals surface area contributed by atoms with Crippen molar-refractivity contribution in [2.24, 2.45) is 0 Å². The number of halogens is 1. The van der Waals surface area contributed by atoms with Crippen LogP contribution < -0.4 is 5.32 Å². The molecule has 2 aromatic rings. The van der Waals surface area contributed by atoms with Crippen molar-refractivity contribution in [1.82, 2.24) is 10.2 Å². The number of nitrogens with one attached hydrogen (secondary N) is 1. The van der Waals surface area contributed by atoms with Gasteiger partial charge >= 0.3 is 0 Å². The minimum atomic E-state index is 0.788. The maximum absolute atomic E-state index is 5.91. The molecule has 0 amide bonds. The first kappa shape index (κ1) is 15.0. The summed E-state index contributed by atoms with van der Waals surface area (Å²) in [7, 11) is 4.12. The fraction of sp³-hybridized carbons (Fsp3) is 0.294. The first-order valence-electron chi connectivity index (χ1n) is 6.83. The number of benzene rings is 2. The van der Waals surface area contributed by atoms with Crippen LogP contribution in [0.15, 0.2) is 48.5 Å². The van der Waals surface area contributed by atoms with Crippen molar-refractivity contribution in [1.29, 1.82) is 0 Å². The molecule has 0 bridgehead atoms. The summed E-state index contributed by atoms with van der Waals surface area (Å²) < 4.78 is 0. The molecule has 0 saturated heterocycles.